The zero-order valence-electron chi connectivity index (χ0n) is 34.3. The molecule has 52 heavy (non-hydrogen) atoms. The Balaban J connectivity index is 3.44. The van der Waals surface area contributed by atoms with E-state index in [4.69, 9.17) is 9.47 Å². The lowest BCUT2D eigenvalue weighted by atomic mass is 10.0. The monoisotopic (exact) mass is 729 g/mol. The molecule has 302 valence electrons. The van der Waals surface area contributed by atoms with Gasteiger partial charge in [0, 0.05) is 12.8 Å². The van der Waals surface area contributed by atoms with E-state index in [-0.39, 0.29) is 25.2 Å². The molecule has 0 radical (unpaired) electrons. The van der Waals surface area contributed by atoms with Crippen LogP contribution >= 0.6 is 0 Å². The van der Waals surface area contributed by atoms with Crippen molar-refractivity contribution in [3.05, 3.63) is 48.6 Å². The van der Waals surface area contributed by atoms with Gasteiger partial charge in [-0.25, -0.2) is 0 Å². The average Bonchev–Trinajstić information content (AvgIpc) is 3.15. The average molecular weight is 729 g/mol. The van der Waals surface area contributed by atoms with Gasteiger partial charge in [-0.05, 0) is 51.4 Å². The normalized spacial score (nSPS) is 12.6. The minimum atomic E-state index is -0.767. The van der Waals surface area contributed by atoms with Gasteiger partial charge in [-0.3, -0.25) is 9.59 Å². The van der Waals surface area contributed by atoms with Crippen LogP contribution < -0.4 is 0 Å². The molecule has 1 unspecified atom stereocenters. The lowest BCUT2D eigenvalue weighted by molar-refractivity contribution is -0.161. The molecule has 0 fully saturated rings. The fourth-order valence-corrected chi connectivity index (χ4v) is 6.31. The minimum absolute atomic E-state index is 0.0628. The molecule has 0 aliphatic rings. The Hall–Kier alpha value is -2.14. The van der Waals surface area contributed by atoms with Gasteiger partial charge in [0.2, 0.25) is 0 Å². The van der Waals surface area contributed by atoms with Gasteiger partial charge in [-0.2, -0.15) is 0 Å². The van der Waals surface area contributed by atoms with Gasteiger partial charge in [0.1, 0.15) is 6.61 Å². The number of aliphatic hydroxyl groups is 1. The molecule has 5 nitrogen and oxygen atoms in total. The van der Waals surface area contributed by atoms with Crippen molar-refractivity contribution in [1.82, 2.24) is 0 Å². The summed E-state index contributed by atoms with van der Waals surface area (Å²) in [6.45, 7) is 4.01. The van der Waals surface area contributed by atoms with Crippen LogP contribution in [0, 0.1) is 0 Å². The molecular formula is C47H84O5. The number of carbonyl (C=O) groups is 2. The quantitative estimate of drug-likeness (QED) is 0.0386. The molecule has 1 atom stereocenters. The van der Waals surface area contributed by atoms with Gasteiger partial charge < -0.3 is 14.6 Å². The van der Waals surface area contributed by atoms with Gasteiger partial charge in [-0.15, -0.1) is 0 Å². The third kappa shape index (κ3) is 40.6. The Morgan fingerprint density at radius 1 is 0.462 bits per heavy atom. The first-order valence-electron chi connectivity index (χ1n) is 22.2. The van der Waals surface area contributed by atoms with Crippen LogP contribution in [0.1, 0.15) is 219 Å². The van der Waals surface area contributed by atoms with Crippen molar-refractivity contribution in [3.8, 4) is 0 Å². The van der Waals surface area contributed by atoms with Gasteiger partial charge in [0.05, 0.1) is 6.61 Å². The zero-order valence-corrected chi connectivity index (χ0v) is 34.3. The topological polar surface area (TPSA) is 72.8 Å². The van der Waals surface area contributed by atoms with Crippen molar-refractivity contribution < 1.29 is 24.2 Å². The Morgan fingerprint density at radius 2 is 0.827 bits per heavy atom. The molecule has 0 amide bonds. The molecule has 0 aromatic carbocycles. The summed E-state index contributed by atoms with van der Waals surface area (Å²) < 4.78 is 10.6. The van der Waals surface area contributed by atoms with Gasteiger partial charge in [0.25, 0.3) is 0 Å². The maximum Gasteiger partial charge on any atom is 0.306 e. The van der Waals surface area contributed by atoms with E-state index in [0.717, 1.165) is 64.2 Å². The summed E-state index contributed by atoms with van der Waals surface area (Å²) in [4.78, 5) is 24.2. The van der Waals surface area contributed by atoms with Crippen molar-refractivity contribution in [2.45, 2.75) is 225 Å². The Morgan fingerprint density at radius 3 is 1.25 bits per heavy atom. The largest absolute Gasteiger partial charge is 0.462 e. The highest BCUT2D eigenvalue weighted by atomic mass is 16.6. The molecule has 1 N–H and O–H groups in total. The number of hydrogen-bond donors (Lipinski definition) is 1. The van der Waals surface area contributed by atoms with E-state index < -0.39 is 6.10 Å². The summed E-state index contributed by atoms with van der Waals surface area (Å²) in [6, 6.07) is 0. The van der Waals surface area contributed by atoms with Crippen LogP contribution in [0.25, 0.3) is 0 Å². The van der Waals surface area contributed by atoms with E-state index in [1.54, 1.807) is 0 Å². The molecule has 0 aromatic heterocycles. The standard InChI is InChI=1S/C47H84O5/c1-3-5-7-9-11-13-14-15-16-17-18-19-20-21-22-23-24-25-26-27-28-29-30-31-32-34-36-38-40-42-47(50)52-45(43-48)44-51-46(49)41-39-37-35-33-12-10-8-6-4-2/h5,7,11,13,15-16,18-19,45,48H,3-4,6,8-10,12,14,17,20-44H2,1-2H3/b7-5-,13-11-,16-15-,19-18-. The number of unbranched alkanes of at least 4 members (excludes halogenated alkanes) is 24. The third-order valence-corrected chi connectivity index (χ3v) is 9.64. The van der Waals surface area contributed by atoms with E-state index in [1.165, 1.54) is 128 Å². The van der Waals surface area contributed by atoms with Crippen molar-refractivity contribution in [1.29, 1.82) is 0 Å². The summed E-state index contributed by atoms with van der Waals surface area (Å²) in [6.07, 6.45) is 54.9. The summed E-state index contributed by atoms with van der Waals surface area (Å²) in [7, 11) is 0. The first-order chi connectivity index (χ1) is 25.6. The maximum absolute atomic E-state index is 12.2. The van der Waals surface area contributed by atoms with Crippen LogP contribution in [0.5, 0.6) is 0 Å². The number of ether oxygens (including phenoxy) is 2. The number of rotatable bonds is 40. The van der Waals surface area contributed by atoms with Crippen molar-refractivity contribution in [3.63, 3.8) is 0 Å². The Labute approximate surface area is 322 Å². The fraction of sp³-hybridized carbons (Fsp3) is 0.787. The van der Waals surface area contributed by atoms with Crippen LogP contribution in [0.15, 0.2) is 48.6 Å². The number of allylic oxidation sites excluding steroid dienone is 8. The second kappa shape index (κ2) is 43.3. The van der Waals surface area contributed by atoms with Gasteiger partial charge in [0.15, 0.2) is 6.10 Å². The van der Waals surface area contributed by atoms with E-state index in [9.17, 15) is 14.7 Å². The second-order valence-corrected chi connectivity index (χ2v) is 14.8. The van der Waals surface area contributed by atoms with E-state index >= 15 is 0 Å². The Kier molecular flexibility index (Phi) is 41.5. The number of carbonyl (C=O) groups excluding carboxylic acids is 2. The third-order valence-electron chi connectivity index (χ3n) is 9.64. The smallest absolute Gasteiger partial charge is 0.306 e. The fourth-order valence-electron chi connectivity index (χ4n) is 6.31. The predicted octanol–water partition coefficient (Wildman–Crippen LogP) is 14.2. The number of hydrogen-bond acceptors (Lipinski definition) is 5. The van der Waals surface area contributed by atoms with E-state index in [1.807, 2.05) is 0 Å². The Bertz CT molecular complexity index is 873. The lowest BCUT2D eigenvalue weighted by Gasteiger charge is -2.15. The second-order valence-electron chi connectivity index (χ2n) is 14.8. The highest BCUT2D eigenvalue weighted by Gasteiger charge is 2.16. The van der Waals surface area contributed by atoms with Crippen molar-refractivity contribution in [2.24, 2.45) is 0 Å². The van der Waals surface area contributed by atoms with E-state index in [2.05, 4.69) is 62.5 Å². The van der Waals surface area contributed by atoms with Crippen LogP contribution in [0.3, 0.4) is 0 Å². The molecule has 0 heterocycles. The molecular weight excluding hydrogens is 645 g/mol. The molecule has 5 heteroatoms. The molecule has 0 spiro atoms. The van der Waals surface area contributed by atoms with Crippen LogP contribution in [-0.4, -0.2) is 36.4 Å². The van der Waals surface area contributed by atoms with Crippen LogP contribution in [0.2, 0.25) is 0 Å². The first-order valence-corrected chi connectivity index (χ1v) is 22.2. The van der Waals surface area contributed by atoms with Crippen molar-refractivity contribution in [2.75, 3.05) is 13.2 Å². The first kappa shape index (κ1) is 49.9. The number of aliphatic hydroxyl groups excluding tert-OH is 1. The van der Waals surface area contributed by atoms with E-state index in [0.29, 0.717) is 12.8 Å². The highest BCUT2D eigenvalue weighted by Crippen LogP contribution is 2.15. The minimum Gasteiger partial charge on any atom is -0.462 e. The maximum atomic E-state index is 12.2. The molecule has 0 saturated carbocycles. The predicted molar refractivity (Wildman–Crippen MR) is 224 cm³/mol. The van der Waals surface area contributed by atoms with Gasteiger partial charge in [-0.1, -0.05) is 204 Å². The summed E-state index contributed by atoms with van der Waals surface area (Å²) in [5.74, 6) is -0.588. The summed E-state index contributed by atoms with van der Waals surface area (Å²) in [5, 5.41) is 9.55. The SMILES string of the molecule is CC/C=C\C/C=C\C/C=C\C/C=C\CCCCCCCCCCCCCCCCCCC(=O)OC(CO)COC(=O)CCCCCCCCCCC. The molecule has 0 rings (SSSR count). The molecule has 0 aliphatic carbocycles. The van der Waals surface area contributed by atoms with Crippen molar-refractivity contribution >= 4 is 11.9 Å². The molecule has 0 bridgehead atoms. The number of esters is 2. The lowest BCUT2D eigenvalue weighted by Crippen LogP contribution is -2.28. The highest BCUT2D eigenvalue weighted by molar-refractivity contribution is 5.70. The molecule has 0 aromatic rings. The van der Waals surface area contributed by atoms with Crippen LogP contribution in [0.4, 0.5) is 0 Å². The molecule has 0 saturated heterocycles. The summed E-state index contributed by atoms with van der Waals surface area (Å²) in [5.41, 5.74) is 0. The zero-order chi connectivity index (χ0) is 37.8. The van der Waals surface area contributed by atoms with Gasteiger partial charge >= 0.3 is 11.9 Å². The van der Waals surface area contributed by atoms with Crippen LogP contribution in [-0.2, 0) is 19.1 Å². The molecule has 0 aliphatic heterocycles. The summed E-state index contributed by atoms with van der Waals surface area (Å²) >= 11 is 0.